The Bertz CT molecular complexity index is 1450. The SMILES string of the molecule is O=C(Cn1cc(C=C2C(=O)N(c3ccccc3)c3ccccc32)c2ccccc21)N1CCOCC1. The average Bonchev–Trinajstić information content (AvgIpc) is 3.40. The van der Waals surface area contributed by atoms with E-state index in [9.17, 15) is 9.59 Å². The fourth-order valence-electron chi connectivity index (χ4n) is 4.95. The standard InChI is InChI=1S/C29H25N3O3/c33-28(30-14-16-35-17-15-30)20-31-19-21(23-10-4-6-12-26(23)31)18-25-24-11-5-7-13-27(24)32(29(25)34)22-8-2-1-3-9-22/h1-13,18-19H,14-17,20H2. The molecule has 2 aliphatic heterocycles. The molecule has 1 fully saturated rings. The highest BCUT2D eigenvalue weighted by molar-refractivity contribution is 6.38. The molecule has 0 bridgehead atoms. The normalized spacial score (nSPS) is 16.8. The lowest BCUT2D eigenvalue weighted by molar-refractivity contribution is -0.135. The van der Waals surface area contributed by atoms with E-state index in [1.54, 1.807) is 4.90 Å². The van der Waals surface area contributed by atoms with Gasteiger partial charge in [0.2, 0.25) is 5.91 Å². The number of fused-ring (bicyclic) bond motifs is 2. The van der Waals surface area contributed by atoms with Gasteiger partial charge in [0, 0.05) is 47.0 Å². The molecule has 0 aliphatic carbocycles. The van der Waals surface area contributed by atoms with E-state index in [4.69, 9.17) is 4.74 Å². The number of carbonyl (C=O) groups excluding carboxylic acids is 2. The first kappa shape index (κ1) is 21.4. The van der Waals surface area contributed by atoms with Crippen LogP contribution < -0.4 is 4.90 Å². The summed E-state index contributed by atoms with van der Waals surface area (Å²) in [6, 6.07) is 25.6. The van der Waals surface area contributed by atoms with Gasteiger partial charge in [-0.15, -0.1) is 0 Å². The van der Waals surface area contributed by atoms with E-state index in [1.807, 2.05) is 101 Å². The highest BCUT2D eigenvalue weighted by atomic mass is 16.5. The first-order chi connectivity index (χ1) is 17.2. The summed E-state index contributed by atoms with van der Waals surface area (Å²) in [5.74, 6) is 0.0180. The molecular formula is C29H25N3O3. The fraction of sp³-hybridized carbons (Fsp3) is 0.172. The van der Waals surface area contributed by atoms with Gasteiger partial charge >= 0.3 is 0 Å². The number of carbonyl (C=O) groups is 2. The molecule has 174 valence electrons. The van der Waals surface area contributed by atoms with E-state index in [-0.39, 0.29) is 18.4 Å². The number of anilines is 2. The van der Waals surface area contributed by atoms with Gasteiger partial charge in [-0.05, 0) is 30.3 Å². The summed E-state index contributed by atoms with van der Waals surface area (Å²) in [5, 5.41) is 1.01. The van der Waals surface area contributed by atoms with Crippen LogP contribution in [0.2, 0.25) is 0 Å². The predicted molar refractivity (Wildman–Crippen MR) is 137 cm³/mol. The Balaban J connectivity index is 1.41. The predicted octanol–water partition coefficient (Wildman–Crippen LogP) is 4.72. The van der Waals surface area contributed by atoms with E-state index in [1.165, 1.54) is 0 Å². The fourth-order valence-corrected chi connectivity index (χ4v) is 4.95. The molecule has 0 N–H and O–H groups in total. The summed E-state index contributed by atoms with van der Waals surface area (Å²) < 4.78 is 7.37. The third kappa shape index (κ3) is 3.82. The van der Waals surface area contributed by atoms with E-state index in [0.717, 1.165) is 33.4 Å². The molecule has 1 aromatic heterocycles. The van der Waals surface area contributed by atoms with Crippen LogP contribution in [0.5, 0.6) is 0 Å². The van der Waals surface area contributed by atoms with Gasteiger partial charge in [0.05, 0.1) is 24.5 Å². The lowest BCUT2D eigenvalue weighted by Crippen LogP contribution is -2.42. The zero-order valence-corrected chi connectivity index (χ0v) is 19.3. The van der Waals surface area contributed by atoms with E-state index >= 15 is 0 Å². The number of amides is 2. The van der Waals surface area contributed by atoms with Crippen molar-refractivity contribution in [1.29, 1.82) is 0 Å². The molecule has 2 amide bonds. The molecule has 1 saturated heterocycles. The minimum absolute atomic E-state index is 0.0568. The van der Waals surface area contributed by atoms with Gasteiger partial charge in [0.25, 0.3) is 5.91 Å². The summed E-state index contributed by atoms with van der Waals surface area (Å²) in [6.45, 7) is 2.65. The molecule has 3 heterocycles. The molecule has 3 aromatic carbocycles. The van der Waals surface area contributed by atoms with Crippen molar-refractivity contribution in [3.63, 3.8) is 0 Å². The summed E-state index contributed by atoms with van der Waals surface area (Å²) in [4.78, 5) is 30.2. The first-order valence-electron chi connectivity index (χ1n) is 11.8. The highest BCUT2D eigenvalue weighted by Gasteiger charge is 2.33. The monoisotopic (exact) mass is 463 g/mol. The maximum absolute atomic E-state index is 13.7. The number of ether oxygens (including phenoxy) is 1. The molecule has 35 heavy (non-hydrogen) atoms. The van der Waals surface area contributed by atoms with Gasteiger partial charge in [0.15, 0.2) is 0 Å². The van der Waals surface area contributed by atoms with Crippen molar-refractivity contribution in [3.8, 4) is 0 Å². The van der Waals surface area contributed by atoms with E-state index in [0.29, 0.717) is 31.9 Å². The number of hydrogen-bond acceptors (Lipinski definition) is 3. The van der Waals surface area contributed by atoms with Crippen LogP contribution >= 0.6 is 0 Å². The van der Waals surface area contributed by atoms with E-state index in [2.05, 4.69) is 0 Å². The minimum atomic E-state index is -0.0568. The summed E-state index contributed by atoms with van der Waals surface area (Å²) >= 11 is 0. The lowest BCUT2D eigenvalue weighted by atomic mass is 10.0. The molecule has 0 atom stereocenters. The van der Waals surface area contributed by atoms with Crippen LogP contribution in [-0.4, -0.2) is 47.6 Å². The zero-order chi connectivity index (χ0) is 23.8. The summed E-state index contributed by atoms with van der Waals surface area (Å²) in [5.41, 5.74) is 5.16. The maximum Gasteiger partial charge on any atom is 0.263 e. The van der Waals surface area contributed by atoms with Crippen molar-refractivity contribution in [2.75, 3.05) is 31.2 Å². The Labute approximate surface area is 203 Å². The molecule has 0 radical (unpaired) electrons. The third-order valence-electron chi connectivity index (χ3n) is 6.67. The van der Waals surface area contributed by atoms with Gasteiger partial charge in [-0.1, -0.05) is 54.6 Å². The topological polar surface area (TPSA) is 54.8 Å². The van der Waals surface area contributed by atoms with Crippen LogP contribution in [0.25, 0.3) is 22.6 Å². The number of rotatable bonds is 4. The summed E-state index contributed by atoms with van der Waals surface area (Å²) in [7, 11) is 0. The number of benzene rings is 3. The lowest BCUT2D eigenvalue weighted by Gasteiger charge is -2.27. The van der Waals surface area contributed by atoms with Crippen LogP contribution in [0.3, 0.4) is 0 Å². The largest absolute Gasteiger partial charge is 0.378 e. The second-order valence-electron chi connectivity index (χ2n) is 8.77. The second kappa shape index (κ2) is 8.89. The number of nitrogens with zero attached hydrogens (tertiary/aromatic N) is 3. The number of para-hydroxylation sites is 3. The quantitative estimate of drug-likeness (QED) is 0.412. The third-order valence-corrected chi connectivity index (χ3v) is 6.67. The van der Waals surface area contributed by atoms with Crippen molar-refractivity contribution in [3.05, 3.63) is 96.2 Å². The molecule has 4 aromatic rings. The van der Waals surface area contributed by atoms with Gasteiger partial charge in [-0.25, -0.2) is 0 Å². The zero-order valence-electron chi connectivity index (χ0n) is 19.3. The van der Waals surface area contributed by atoms with Crippen LogP contribution in [0.4, 0.5) is 11.4 Å². The second-order valence-corrected chi connectivity index (χ2v) is 8.77. The summed E-state index contributed by atoms with van der Waals surface area (Å²) in [6.07, 6.45) is 3.94. The Kier molecular flexibility index (Phi) is 5.43. The Morgan fingerprint density at radius 2 is 1.60 bits per heavy atom. The molecule has 6 nitrogen and oxygen atoms in total. The Hall–Kier alpha value is -4.16. The molecular weight excluding hydrogens is 438 g/mol. The van der Waals surface area contributed by atoms with Crippen molar-refractivity contribution in [2.45, 2.75) is 6.54 Å². The molecule has 0 saturated carbocycles. The Morgan fingerprint density at radius 1 is 0.886 bits per heavy atom. The van der Waals surface area contributed by atoms with Crippen LogP contribution in [0, 0.1) is 0 Å². The number of morpholine rings is 1. The molecule has 2 aliphatic rings. The number of aromatic nitrogens is 1. The van der Waals surface area contributed by atoms with Crippen molar-refractivity contribution in [2.24, 2.45) is 0 Å². The van der Waals surface area contributed by atoms with E-state index < -0.39 is 0 Å². The van der Waals surface area contributed by atoms with Crippen molar-refractivity contribution < 1.29 is 14.3 Å². The van der Waals surface area contributed by atoms with Crippen molar-refractivity contribution >= 4 is 45.7 Å². The number of hydrogen-bond donors (Lipinski definition) is 0. The first-order valence-corrected chi connectivity index (χ1v) is 11.8. The van der Waals surface area contributed by atoms with Crippen LogP contribution in [0.1, 0.15) is 11.1 Å². The average molecular weight is 464 g/mol. The maximum atomic E-state index is 13.7. The van der Waals surface area contributed by atoms with Gasteiger partial charge in [0.1, 0.15) is 6.54 Å². The molecule has 0 spiro atoms. The molecule has 6 heteroatoms. The Morgan fingerprint density at radius 3 is 2.43 bits per heavy atom. The van der Waals surface area contributed by atoms with Crippen molar-refractivity contribution in [1.82, 2.24) is 9.47 Å². The molecule has 0 unspecified atom stereocenters. The van der Waals surface area contributed by atoms with Gasteiger partial charge in [-0.3, -0.25) is 14.5 Å². The van der Waals surface area contributed by atoms with Crippen LogP contribution in [0.15, 0.2) is 85.1 Å². The minimum Gasteiger partial charge on any atom is -0.378 e. The van der Waals surface area contributed by atoms with Crippen LogP contribution in [-0.2, 0) is 20.9 Å². The van der Waals surface area contributed by atoms with Gasteiger partial charge < -0.3 is 14.2 Å². The smallest absolute Gasteiger partial charge is 0.263 e. The molecule has 6 rings (SSSR count). The van der Waals surface area contributed by atoms with Gasteiger partial charge in [-0.2, -0.15) is 0 Å². The highest BCUT2D eigenvalue weighted by Crippen LogP contribution is 2.42.